The highest BCUT2D eigenvalue weighted by Crippen LogP contribution is 2.43. The molecule has 0 amide bonds. The molecule has 30 heavy (non-hydrogen) atoms. The molecule has 4 heteroatoms. The van der Waals surface area contributed by atoms with E-state index in [9.17, 15) is 4.79 Å². The molecule has 0 bridgehead atoms. The largest absolute Gasteiger partial charge is 0.497 e. The SMILES string of the molecule is COc1ccc2c(c1)cc1n2CC(C)(CC2CCN(Cc3ccccc3)CC2)C1=O. The van der Waals surface area contributed by atoms with Gasteiger partial charge in [0.15, 0.2) is 5.78 Å². The number of nitrogens with zero attached hydrogens (tertiary/aromatic N) is 2. The monoisotopic (exact) mass is 402 g/mol. The van der Waals surface area contributed by atoms with Crippen LogP contribution in [0.2, 0.25) is 0 Å². The smallest absolute Gasteiger partial charge is 0.186 e. The number of likely N-dealkylation sites (tertiary alicyclic amines) is 1. The summed E-state index contributed by atoms with van der Waals surface area (Å²) in [5.41, 5.74) is 3.11. The molecule has 0 saturated carbocycles. The minimum absolute atomic E-state index is 0.282. The molecule has 0 aliphatic carbocycles. The van der Waals surface area contributed by atoms with Crippen LogP contribution in [0.5, 0.6) is 5.75 Å². The van der Waals surface area contributed by atoms with E-state index in [-0.39, 0.29) is 5.41 Å². The van der Waals surface area contributed by atoms with Gasteiger partial charge in [0.05, 0.1) is 18.2 Å². The normalized spacial score (nSPS) is 22.5. The van der Waals surface area contributed by atoms with Crippen molar-refractivity contribution in [1.82, 2.24) is 9.47 Å². The maximum Gasteiger partial charge on any atom is 0.186 e. The summed E-state index contributed by atoms with van der Waals surface area (Å²) < 4.78 is 7.56. The number of carbonyl (C=O) groups is 1. The topological polar surface area (TPSA) is 34.5 Å². The van der Waals surface area contributed by atoms with Crippen molar-refractivity contribution in [2.24, 2.45) is 11.3 Å². The van der Waals surface area contributed by atoms with Crippen LogP contribution in [-0.4, -0.2) is 35.4 Å². The Kier molecular flexibility index (Phi) is 4.90. The van der Waals surface area contributed by atoms with Gasteiger partial charge in [0, 0.05) is 24.0 Å². The Hall–Kier alpha value is -2.59. The Morgan fingerprint density at radius 1 is 1.07 bits per heavy atom. The molecule has 1 fully saturated rings. The van der Waals surface area contributed by atoms with E-state index in [4.69, 9.17) is 4.74 Å². The number of carbonyl (C=O) groups excluding carboxylic acids is 1. The number of hydrogen-bond donors (Lipinski definition) is 0. The molecule has 4 nitrogen and oxygen atoms in total. The maximum atomic E-state index is 13.4. The molecule has 3 heterocycles. The van der Waals surface area contributed by atoms with Gasteiger partial charge < -0.3 is 9.30 Å². The van der Waals surface area contributed by atoms with Crippen LogP contribution in [0.25, 0.3) is 10.9 Å². The van der Waals surface area contributed by atoms with Gasteiger partial charge in [-0.1, -0.05) is 37.3 Å². The molecule has 1 saturated heterocycles. The number of methoxy groups -OCH3 is 1. The molecule has 0 radical (unpaired) electrons. The first-order valence-corrected chi connectivity index (χ1v) is 11.0. The lowest BCUT2D eigenvalue weighted by Crippen LogP contribution is -2.36. The summed E-state index contributed by atoms with van der Waals surface area (Å²) in [6.45, 7) is 6.25. The van der Waals surface area contributed by atoms with Crippen molar-refractivity contribution >= 4 is 16.7 Å². The van der Waals surface area contributed by atoms with Crippen LogP contribution < -0.4 is 4.74 Å². The standard InChI is InChI=1S/C26H30N2O2/c1-26(16-19-10-12-27(13-11-19)17-20-6-4-3-5-7-20)18-28-23-9-8-22(30-2)14-21(23)15-24(28)25(26)29/h3-9,14-15,19H,10-13,16-18H2,1-2H3. The second-order valence-corrected chi connectivity index (χ2v) is 9.34. The van der Waals surface area contributed by atoms with Gasteiger partial charge in [-0.25, -0.2) is 0 Å². The van der Waals surface area contributed by atoms with Crippen LogP contribution >= 0.6 is 0 Å². The first-order valence-electron chi connectivity index (χ1n) is 11.0. The second kappa shape index (κ2) is 7.59. The van der Waals surface area contributed by atoms with Gasteiger partial charge in [-0.05, 0) is 68.1 Å². The first kappa shape index (κ1) is 19.4. The number of Topliss-reactive ketones (excluding diaryl/α,β-unsaturated/α-hetero) is 1. The molecule has 1 unspecified atom stereocenters. The third-order valence-electron chi connectivity index (χ3n) is 7.09. The summed E-state index contributed by atoms with van der Waals surface area (Å²) in [5, 5.41) is 1.09. The number of ketones is 1. The summed E-state index contributed by atoms with van der Waals surface area (Å²) in [7, 11) is 1.68. The quantitative estimate of drug-likeness (QED) is 0.592. The van der Waals surface area contributed by atoms with Crippen LogP contribution in [-0.2, 0) is 13.1 Å². The highest BCUT2D eigenvalue weighted by Gasteiger charge is 2.44. The molecule has 2 aliphatic heterocycles. The third kappa shape index (κ3) is 3.43. The van der Waals surface area contributed by atoms with E-state index in [1.807, 2.05) is 18.2 Å². The molecule has 2 aromatic carbocycles. The van der Waals surface area contributed by atoms with Crippen LogP contribution in [0.15, 0.2) is 54.6 Å². The molecule has 0 spiro atoms. The Labute approximate surface area is 178 Å². The minimum Gasteiger partial charge on any atom is -0.497 e. The van der Waals surface area contributed by atoms with Crippen LogP contribution in [0.1, 0.15) is 42.2 Å². The third-order valence-corrected chi connectivity index (χ3v) is 7.09. The molecule has 0 N–H and O–H groups in total. The molecule has 5 rings (SSSR count). The first-order chi connectivity index (χ1) is 14.6. The van der Waals surface area contributed by atoms with Gasteiger partial charge in [-0.2, -0.15) is 0 Å². The summed E-state index contributed by atoms with van der Waals surface area (Å²) in [4.78, 5) is 15.9. The molecule has 1 aromatic heterocycles. The molecule has 1 atom stereocenters. The van der Waals surface area contributed by atoms with E-state index in [2.05, 4.69) is 52.8 Å². The number of aromatic nitrogens is 1. The van der Waals surface area contributed by atoms with Crippen molar-refractivity contribution in [1.29, 1.82) is 0 Å². The summed E-state index contributed by atoms with van der Waals surface area (Å²) in [6, 6.07) is 18.9. The summed E-state index contributed by atoms with van der Waals surface area (Å²) in [6.07, 6.45) is 3.36. The summed E-state index contributed by atoms with van der Waals surface area (Å²) >= 11 is 0. The van der Waals surface area contributed by atoms with E-state index in [1.54, 1.807) is 7.11 Å². The highest BCUT2D eigenvalue weighted by atomic mass is 16.5. The predicted molar refractivity (Wildman–Crippen MR) is 120 cm³/mol. The fourth-order valence-electron chi connectivity index (χ4n) is 5.45. The lowest BCUT2D eigenvalue weighted by atomic mass is 9.75. The van der Waals surface area contributed by atoms with Crippen LogP contribution in [0, 0.1) is 11.3 Å². The molecule has 3 aromatic rings. The van der Waals surface area contributed by atoms with Crippen molar-refractivity contribution in [2.45, 2.75) is 39.3 Å². The van der Waals surface area contributed by atoms with Gasteiger partial charge in [0.2, 0.25) is 0 Å². The maximum absolute atomic E-state index is 13.4. The average molecular weight is 403 g/mol. The number of hydrogen-bond acceptors (Lipinski definition) is 3. The fraction of sp³-hybridized carbons (Fsp3) is 0.423. The van der Waals surface area contributed by atoms with Gasteiger partial charge in [-0.3, -0.25) is 9.69 Å². The van der Waals surface area contributed by atoms with Gasteiger partial charge >= 0.3 is 0 Å². The summed E-state index contributed by atoms with van der Waals surface area (Å²) in [5.74, 6) is 1.77. The van der Waals surface area contributed by atoms with Gasteiger partial charge in [0.25, 0.3) is 0 Å². The van der Waals surface area contributed by atoms with E-state index < -0.39 is 0 Å². The second-order valence-electron chi connectivity index (χ2n) is 9.34. The van der Waals surface area contributed by atoms with Gasteiger partial charge in [0.1, 0.15) is 5.75 Å². The van der Waals surface area contributed by atoms with E-state index in [0.29, 0.717) is 11.7 Å². The lowest BCUT2D eigenvalue weighted by Gasteiger charge is -2.35. The zero-order chi connectivity index (χ0) is 20.7. The minimum atomic E-state index is -0.282. The number of benzene rings is 2. The van der Waals surface area contributed by atoms with Crippen LogP contribution in [0.4, 0.5) is 0 Å². The lowest BCUT2D eigenvalue weighted by molar-refractivity contribution is 0.0750. The van der Waals surface area contributed by atoms with Crippen molar-refractivity contribution < 1.29 is 9.53 Å². The number of ether oxygens (including phenoxy) is 1. The Morgan fingerprint density at radius 2 is 1.83 bits per heavy atom. The number of fused-ring (bicyclic) bond motifs is 3. The van der Waals surface area contributed by atoms with Crippen molar-refractivity contribution in [3.8, 4) is 5.75 Å². The molecular formula is C26H30N2O2. The van der Waals surface area contributed by atoms with E-state index >= 15 is 0 Å². The Morgan fingerprint density at radius 3 is 2.57 bits per heavy atom. The van der Waals surface area contributed by atoms with Crippen molar-refractivity contribution in [3.63, 3.8) is 0 Å². The van der Waals surface area contributed by atoms with Crippen LogP contribution in [0.3, 0.4) is 0 Å². The highest BCUT2D eigenvalue weighted by molar-refractivity contribution is 6.05. The van der Waals surface area contributed by atoms with E-state index in [1.165, 1.54) is 18.4 Å². The van der Waals surface area contributed by atoms with Crippen molar-refractivity contribution in [2.75, 3.05) is 20.2 Å². The Bertz CT molecular complexity index is 1060. The number of rotatable bonds is 5. The number of piperidine rings is 1. The average Bonchev–Trinajstić information content (AvgIpc) is 3.23. The fourth-order valence-corrected chi connectivity index (χ4v) is 5.45. The zero-order valence-electron chi connectivity index (χ0n) is 17.9. The molecule has 156 valence electrons. The zero-order valence-corrected chi connectivity index (χ0v) is 17.9. The molecule has 2 aliphatic rings. The molecular weight excluding hydrogens is 372 g/mol. The predicted octanol–water partition coefficient (Wildman–Crippen LogP) is 5.15. The van der Waals surface area contributed by atoms with Gasteiger partial charge in [-0.15, -0.1) is 0 Å². The van der Waals surface area contributed by atoms with Crippen molar-refractivity contribution in [3.05, 3.63) is 65.9 Å². The Balaban J connectivity index is 1.24. The van der Waals surface area contributed by atoms with E-state index in [0.717, 1.165) is 54.9 Å².